The third-order valence-electron chi connectivity index (χ3n) is 4.31. The van der Waals surface area contributed by atoms with Gasteiger partial charge in [0.05, 0.1) is 6.42 Å². The number of carbonyl (C=O) groups excluding carboxylic acids is 2. The fraction of sp³-hybridized carbons (Fsp3) is 0.556. The molecule has 1 aliphatic rings. The van der Waals surface area contributed by atoms with Crippen molar-refractivity contribution in [3.8, 4) is 0 Å². The topological polar surface area (TPSA) is 58.6 Å². The molecule has 0 spiro atoms. The van der Waals surface area contributed by atoms with E-state index in [0.29, 0.717) is 39.1 Å². The van der Waals surface area contributed by atoms with Gasteiger partial charge in [0.15, 0.2) is 0 Å². The lowest BCUT2D eigenvalue weighted by Crippen LogP contribution is -2.43. The maximum Gasteiger partial charge on any atom is 0.226 e. The number of methoxy groups -OCH3 is 1. The van der Waals surface area contributed by atoms with Crippen molar-refractivity contribution < 1.29 is 18.7 Å². The first kappa shape index (κ1) is 18.4. The number of rotatable bonds is 7. The highest BCUT2D eigenvalue weighted by Gasteiger charge is 2.27. The van der Waals surface area contributed by atoms with Crippen molar-refractivity contribution in [2.75, 3.05) is 33.4 Å². The van der Waals surface area contributed by atoms with Crippen molar-refractivity contribution in [2.24, 2.45) is 5.92 Å². The zero-order valence-corrected chi connectivity index (χ0v) is 14.1. The van der Waals surface area contributed by atoms with E-state index < -0.39 is 0 Å². The van der Waals surface area contributed by atoms with Crippen LogP contribution < -0.4 is 5.32 Å². The Morgan fingerprint density at radius 1 is 1.25 bits per heavy atom. The van der Waals surface area contributed by atoms with Gasteiger partial charge < -0.3 is 15.0 Å². The van der Waals surface area contributed by atoms with Crippen LogP contribution in [0.15, 0.2) is 24.3 Å². The molecule has 1 aromatic carbocycles. The van der Waals surface area contributed by atoms with Gasteiger partial charge in [-0.15, -0.1) is 0 Å². The van der Waals surface area contributed by atoms with Crippen molar-refractivity contribution in [3.05, 3.63) is 35.6 Å². The molecule has 1 heterocycles. The first-order valence-corrected chi connectivity index (χ1v) is 8.39. The number of amides is 2. The van der Waals surface area contributed by atoms with Gasteiger partial charge in [0.1, 0.15) is 5.82 Å². The lowest BCUT2D eigenvalue weighted by Gasteiger charge is -2.31. The number of piperidine rings is 1. The average Bonchev–Trinajstić information content (AvgIpc) is 2.60. The normalized spacial score (nSPS) is 15.3. The van der Waals surface area contributed by atoms with Crippen LogP contribution in [-0.4, -0.2) is 50.1 Å². The van der Waals surface area contributed by atoms with Crippen LogP contribution in [0.5, 0.6) is 0 Å². The lowest BCUT2D eigenvalue weighted by atomic mass is 9.95. The highest BCUT2D eigenvalue weighted by atomic mass is 19.1. The van der Waals surface area contributed by atoms with E-state index in [0.717, 1.165) is 12.0 Å². The van der Waals surface area contributed by atoms with Crippen molar-refractivity contribution in [1.29, 1.82) is 0 Å². The van der Waals surface area contributed by atoms with Gasteiger partial charge in [-0.25, -0.2) is 4.39 Å². The number of likely N-dealkylation sites (tertiary alicyclic amines) is 1. The minimum Gasteiger partial charge on any atom is -0.385 e. The third kappa shape index (κ3) is 5.60. The number of carbonyl (C=O) groups is 2. The van der Waals surface area contributed by atoms with Crippen LogP contribution in [0.2, 0.25) is 0 Å². The largest absolute Gasteiger partial charge is 0.385 e. The molecule has 0 aromatic heterocycles. The molecule has 1 N–H and O–H groups in total. The molecule has 5 nitrogen and oxygen atoms in total. The highest BCUT2D eigenvalue weighted by molar-refractivity contribution is 5.81. The molecule has 1 aliphatic heterocycles. The molecular weight excluding hydrogens is 311 g/mol. The standard InChI is InChI=1S/C18H25FN2O3/c1-24-12-2-9-20-18(23)15-7-10-21(11-8-15)17(22)13-14-3-5-16(19)6-4-14/h3-6,15H,2,7-13H2,1H3,(H,20,23). The summed E-state index contributed by atoms with van der Waals surface area (Å²) in [6.45, 7) is 2.44. The molecule has 0 unspecified atom stereocenters. The molecule has 132 valence electrons. The number of hydrogen-bond acceptors (Lipinski definition) is 3. The Balaban J connectivity index is 1.72. The average molecular weight is 336 g/mol. The first-order valence-electron chi connectivity index (χ1n) is 8.39. The van der Waals surface area contributed by atoms with Crippen LogP contribution in [0.3, 0.4) is 0 Å². The number of nitrogens with zero attached hydrogens (tertiary/aromatic N) is 1. The second-order valence-corrected chi connectivity index (χ2v) is 6.10. The summed E-state index contributed by atoms with van der Waals surface area (Å²) in [4.78, 5) is 26.2. The van der Waals surface area contributed by atoms with E-state index >= 15 is 0 Å². The molecule has 24 heavy (non-hydrogen) atoms. The van der Waals surface area contributed by atoms with Crippen LogP contribution in [0, 0.1) is 11.7 Å². The highest BCUT2D eigenvalue weighted by Crippen LogP contribution is 2.18. The first-order chi connectivity index (χ1) is 11.6. The predicted octanol–water partition coefficient (Wildman–Crippen LogP) is 1.76. The van der Waals surface area contributed by atoms with Crippen molar-refractivity contribution in [2.45, 2.75) is 25.7 Å². The van der Waals surface area contributed by atoms with E-state index in [4.69, 9.17) is 4.74 Å². The molecule has 1 fully saturated rings. The molecule has 0 radical (unpaired) electrons. The smallest absolute Gasteiger partial charge is 0.226 e. The van der Waals surface area contributed by atoms with Crippen LogP contribution in [0.25, 0.3) is 0 Å². The Morgan fingerprint density at radius 2 is 1.92 bits per heavy atom. The molecule has 6 heteroatoms. The Bertz CT molecular complexity index is 540. The molecule has 2 amide bonds. The van der Waals surface area contributed by atoms with E-state index in [1.807, 2.05) is 0 Å². The molecule has 0 bridgehead atoms. The second-order valence-electron chi connectivity index (χ2n) is 6.10. The van der Waals surface area contributed by atoms with Crippen molar-refractivity contribution in [1.82, 2.24) is 10.2 Å². The monoisotopic (exact) mass is 336 g/mol. The number of ether oxygens (including phenoxy) is 1. The summed E-state index contributed by atoms with van der Waals surface area (Å²) < 4.78 is 17.8. The SMILES string of the molecule is COCCCNC(=O)C1CCN(C(=O)Cc2ccc(F)cc2)CC1. The summed E-state index contributed by atoms with van der Waals surface area (Å²) in [7, 11) is 1.64. The van der Waals surface area contributed by atoms with Gasteiger partial charge in [0.25, 0.3) is 0 Å². The summed E-state index contributed by atoms with van der Waals surface area (Å²) in [6.07, 6.45) is 2.45. The van der Waals surface area contributed by atoms with Crippen molar-refractivity contribution in [3.63, 3.8) is 0 Å². The molecule has 2 rings (SSSR count). The van der Waals surface area contributed by atoms with Crippen LogP contribution in [-0.2, 0) is 20.7 Å². The Hall–Kier alpha value is -1.95. The third-order valence-corrected chi connectivity index (χ3v) is 4.31. The molecule has 1 saturated heterocycles. The van der Waals surface area contributed by atoms with Gasteiger partial charge in [-0.3, -0.25) is 9.59 Å². The van der Waals surface area contributed by atoms with Gasteiger partial charge in [0.2, 0.25) is 11.8 Å². The summed E-state index contributed by atoms with van der Waals surface area (Å²) in [5.74, 6) is -0.233. The fourth-order valence-electron chi connectivity index (χ4n) is 2.85. The summed E-state index contributed by atoms with van der Waals surface area (Å²) in [5.41, 5.74) is 0.805. The zero-order chi connectivity index (χ0) is 17.4. The lowest BCUT2D eigenvalue weighted by molar-refractivity contribution is -0.135. The quantitative estimate of drug-likeness (QED) is 0.772. The van der Waals surface area contributed by atoms with Gasteiger partial charge in [-0.1, -0.05) is 12.1 Å². The molecular formula is C18H25FN2O3. The predicted molar refractivity (Wildman–Crippen MR) is 88.9 cm³/mol. The maximum absolute atomic E-state index is 12.9. The van der Waals surface area contributed by atoms with Gasteiger partial charge >= 0.3 is 0 Å². The van der Waals surface area contributed by atoms with Gasteiger partial charge in [0, 0.05) is 39.3 Å². The summed E-state index contributed by atoms with van der Waals surface area (Å²) in [5, 5.41) is 2.92. The van der Waals surface area contributed by atoms with E-state index in [2.05, 4.69) is 5.32 Å². The Morgan fingerprint density at radius 3 is 2.54 bits per heavy atom. The van der Waals surface area contributed by atoms with E-state index in [1.54, 1.807) is 24.1 Å². The second kappa shape index (κ2) is 9.37. The Labute approximate surface area is 142 Å². The van der Waals surface area contributed by atoms with Crippen LogP contribution in [0.4, 0.5) is 4.39 Å². The van der Waals surface area contributed by atoms with Crippen LogP contribution >= 0.6 is 0 Å². The van der Waals surface area contributed by atoms with E-state index in [1.165, 1.54) is 12.1 Å². The number of halogens is 1. The zero-order valence-electron chi connectivity index (χ0n) is 14.1. The molecule has 0 atom stereocenters. The molecule has 1 aromatic rings. The van der Waals surface area contributed by atoms with E-state index in [9.17, 15) is 14.0 Å². The van der Waals surface area contributed by atoms with Gasteiger partial charge in [-0.2, -0.15) is 0 Å². The molecule has 0 saturated carbocycles. The van der Waals surface area contributed by atoms with Gasteiger partial charge in [-0.05, 0) is 37.0 Å². The number of benzene rings is 1. The minimum atomic E-state index is -0.302. The maximum atomic E-state index is 12.9. The minimum absolute atomic E-state index is 0.0255. The number of nitrogens with one attached hydrogen (secondary N) is 1. The van der Waals surface area contributed by atoms with E-state index in [-0.39, 0.29) is 30.0 Å². The fourth-order valence-corrected chi connectivity index (χ4v) is 2.85. The number of hydrogen-bond donors (Lipinski definition) is 1. The summed E-state index contributed by atoms with van der Waals surface area (Å²) in [6, 6.07) is 5.99. The summed E-state index contributed by atoms with van der Waals surface area (Å²) >= 11 is 0. The Kier molecular flexibility index (Phi) is 7.18. The van der Waals surface area contributed by atoms with Crippen molar-refractivity contribution >= 4 is 11.8 Å². The molecule has 0 aliphatic carbocycles. The van der Waals surface area contributed by atoms with Crippen LogP contribution in [0.1, 0.15) is 24.8 Å².